The fourth-order valence-corrected chi connectivity index (χ4v) is 2.79. The molecule has 0 aliphatic carbocycles. The molecule has 0 amide bonds. The number of aromatic nitrogens is 1. The first-order chi connectivity index (χ1) is 9.63. The van der Waals surface area contributed by atoms with Gasteiger partial charge in [0.15, 0.2) is 11.5 Å². The number of nitrogens with zero attached hydrogens (tertiary/aromatic N) is 1. The van der Waals surface area contributed by atoms with Crippen LogP contribution < -0.4 is 0 Å². The Morgan fingerprint density at radius 1 is 1.15 bits per heavy atom. The number of oxazole rings is 1. The maximum atomic E-state index is 5.88. The Bertz CT molecular complexity index is 731. The summed E-state index contributed by atoms with van der Waals surface area (Å²) >= 11 is 3.58. The number of halogens is 1. The summed E-state index contributed by atoms with van der Waals surface area (Å²) in [5, 5.41) is 0. The molecule has 3 rings (SSSR count). The molecule has 2 aromatic carbocycles. The lowest BCUT2D eigenvalue weighted by molar-refractivity contribution is 0.542. The van der Waals surface area contributed by atoms with Gasteiger partial charge in [0, 0.05) is 6.42 Å². The summed E-state index contributed by atoms with van der Waals surface area (Å²) in [6.07, 6.45) is 0.721. The summed E-state index contributed by atoms with van der Waals surface area (Å²) in [6.45, 7) is 4.36. The van der Waals surface area contributed by atoms with Gasteiger partial charge in [-0.05, 0) is 45.1 Å². The topological polar surface area (TPSA) is 26.0 Å². The zero-order valence-electron chi connectivity index (χ0n) is 11.6. The maximum Gasteiger partial charge on any atom is 0.199 e. The molecule has 0 fully saturated rings. The second-order valence-electron chi connectivity index (χ2n) is 5.28. The van der Waals surface area contributed by atoms with Gasteiger partial charge in [-0.2, -0.15) is 0 Å². The van der Waals surface area contributed by atoms with Crippen LogP contribution >= 0.6 is 15.9 Å². The van der Waals surface area contributed by atoms with E-state index >= 15 is 0 Å². The average molecular weight is 330 g/mol. The summed E-state index contributed by atoms with van der Waals surface area (Å²) in [4.78, 5) is 4.62. The van der Waals surface area contributed by atoms with Crippen LogP contribution in [0.1, 0.15) is 36.8 Å². The molecule has 0 saturated carbocycles. The van der Waals surface area contributed by atoms with Crippen LogP contribution in [0.15, 0.2) is 51.4 Å². The Kier molecular flexibility index (Phi) is 3.62. The number of fused-ring (bicyclic) bond motifs is 1. The second-order valence-corrected chi connectivity index (χ2v) is 6.13. The third-order valence-electron chi connectivity index (χ3n) is 3.38. The Morgan fingerprint density at radius 3 is 2.60 bits per heavy atom. The van der Waals surface area contributed by atoms with Gasteiger partial charge in [-0.15, -0.1) is 0 Å². The fraction of sp³-hybridized carbons (Fsp3) is 0.235. The Morgan fingerprint density at radius 2 is 1.90 bits per heavy atom. The molecule has 0 unspecified atom stereocenters. The summed E-state index contributed by atoms with van der Waals surface area (Å²) < 4.78 is 6.86. The Hall–Kier alpha value is -1.61. The monoisotopic (exact) mass is 329 g/mol. The maximum absolute atomic E-state index is 5.88. The van der Waals surface area contributed by atoms with E-state index in [0.717, 1.165) is 27.9 Å². The minimum absolute atomic E-state index is 0.477. The molecule has 0 aliphatic rings. The first-order valence-electron chi connectivity index (χ1n) is 6.76. The standard InChI is InChI=1S/C17H16BrNO/c1-11(2)13-9-14(18)17-15(10-13)19-16(20-17)8-12-6-4-3-5-7-12/h3-7,9-11H,8H2,1-2H3. The molecular weight excluding hydrogens is 314 g/mol. The van der Waals surface area contributed by atoms with Gasteiger partial charge in [0.1, 0.15) is 5.52 Å². The Balaban J connectivity index is 2.00. The third kappa shape index (κ3) is 2.63. The summed E-state index contributed by atoms with van der Waals surface area (Å²) in [5.41, 5.74) is 4.23. The molecular formula is C17H16BrNO. The van der Waals surface area contributed by atoms with Crippen molar-refractivity contribution in [1.29, 1.82) is 0 Å². The molecule has 2 nitrogen and oxygen atoms in total. The van der Waals surface area contributed by atoms with Crippen LogP contribution in [0.5, 0.6) is 0 Å². The first kappa shape index (κ1) is 13.4. The minimum Gasteiger partial charge on any atom is -0.439 e. The largest absolute Gasteiger partial charge is 0.439 e. The van der Waals surface area contributed by atoms with Crippen molar-refractivity contribution in [1.82, 2.24) is 4.98 Å². The SMILES string of the molecule is CC(C)c1cc(Br)c2oc(Cc3ccccc3)nc2c1. The van der Waals surface area contributed by atoms with Gasteiger partial charge in [0.25, 0.3) is 0 Å². The highest BCUT2D eigenvalue weighted by atomic mass is 79.9. The van der Waals surface area contributed by atoms with Gasteiger partial charge in [0.05, 0.1) is 4.47 Å². The molecule has 0 saturated heterocycles. The van der Waals surface area contributed by atoms with Crippen LogP contribution in [0, 0.1) is 0 Å². The van der Waals surface area contributed by atoms with Crippen LogP contribution in [0.2, 0.25) is 0 Å². The number of hydrogen-bond acceptors (Lipinski definition) is 2. The van der Waals surface area contributed by atoms with Crippen LogP contribution in [0.25, 0.3) is 11.1 Å². The summed E-state index contributed by atoms with van der Waals surface area (Å²) in [6, 6.07) is 14.5. The molecule has 102 valence electrons. The minimum atomic E-state index is 0.477. The molecule has 0 N–H and O–H groups in total. The van der Waals surface area contributed by atoms with Crippen LogP contribution in [-0.2, 0) is 6.42 Å². The van der Waals surface area contributed by atoms with Crippen molar-refractivity contribution in [2.45, 2.75) is 26.2 Å². The molecule has 1 heterocycles. The fourth-order valence-electron chi connectivity index (χ4n) is 2.24. The molecule has 0 radical (unpaired) electrons. The molecule has 3 heteroatoms. The highest BCUT2D eigenvalue weighted by molar-refractivity contribution is 9.10. The molecule has 3 aromatic rings. The van der Waals surface area contributed by atoms with Crippen LogP contribution in [0.3, 0.4) is 0 Å². The predicted molar refractivity (Wildman–Crippen MR) is 85.0 cm³/mol. The van der Waals surface area contributed by atoms with E-state index in [1.165, 1.54) is 11.1 Å². The predicted octanol–water partition coefficient (Wildman–Crippen LogP) is 5.30. The second kappa shape index (κ2) is 5.41. The van der Waals surface area contributed by atoms with Crippen molar-refractivity contribution >= 4 is 27.0 Å². The average Bonchev–Trinajstić information content (AvgIpc) is 2.83. The molecule has 0 spiro atoms. The van der Waals surface area contributed by atoms with Crippen LogP contribution in [0.4, 0.5) is 0 Å². The summed E-state index contributed by atoms with van der Waals surface area (Å²) in [5.74, 6) is 1.23. The summed E-state index contributed by atoms with van der Waals surface area (Å²) in [7, 11) is 0. The number of rotatable bonds is 3. The zero-order valence-corrected chi connectivity index (χ0v) is 13.1. The van der Waals surface area contributed by atoms with Gasteiger partial charge in [0.2, 0.25) is 0 Å². The lowest BCUT2D eigenvalue weighted by atomic mass is 10.0. The normalized spacial score (nSPS) is 11.4. The lowest BCUT2D eigenvalue weighted by Crippen LogP contribution is -1.88. The molecule has 20 heavy (non-hydrogen) atoms. The van der Waals surface area contributed by atoms with E-state index < -0.39 is 0 Å². The van der Waals surface area contributed by atoms with Crippen LogP contribution in [-0.4, -0.2) is 4.98 Å². The van der Waals surface area contributed by atoms with E-state index in [9.17, 15) is 0 Å². The van der Waals surface area contributed by atoms with E-state index in [0.29, 0.717) is 5.92 Å². The van der Waals surface area contributed by atoms with E-state index in [2.05, 4.69) is 59.0 Å². The molecule has 1 aromatic heterocycles. The van der Waals surface area contributed by atoms with Crippen molar-refractivity contribution in [3.05, 3.63) is 64.0 Å². The first-order valence-corrected chi connectivity index (χ1v) is 7.55. The van der Waals surface area contributed by atoms with Gasteiger partial charge in [-0.1, -0.05) is 44.2 Å². The molecule has 0 aliphatic heterocycles. The van der Waals surface area contributed by atoms with Crippen molar-refractivity contribution in [3.8, 4) is 0 Å². The van der Waals surface area contributed by atoms with Gasteiger partial charge in [-0.25, -0.2) is 4.98 Å². The van der Waals surface area contributed by atoms with Crippen molar-refractivity contribution < 1.29 is 4.42 Å². The number of hydrogen-bond donors (Lipinski definition) is 0. The lowest BCUT2D eigenvalue weighted by Gasteiger charge is -2.04. The number of benzene rings is 2. The van der Waals surface area contributed by atoms with Crippen molar-refractivity contribution in [2.75, 3.05) is 0 Å². The van der Waals surface area contributed by atoms with E-state index in [1.54, 1.807) is 0 Å². The Labute approximate surface area is 127 Å². The van der Waals surface area contributed by atoms with E-state index in [1.807, 2.05) is 18.2 Å². The third-order valence-corrected chi connectivity index (χ3v) is 3.97. The smallest absolute Gasteiger partial charge is 0.199 e. The van der Waals surface area contributed by atoms with Gasteiger partial charge in [-0.3, -0.25) is 0 Å². The quantitative estimate of drug-likeness (QED) is 0.651. The van der Waals surface area contributed by atoms with E-state index in [-0.39, 0.29) is 0 Å². The van der Waals surface area contributed by atoms with Gasteiger partial charge < -0.3 is 4.42 Å². The van der Waals surface area contributed by atoms with E-state index in [4.69, 9.17) is 4.42 Å². The van der Waals surface area contributed by atoms with Crippen molar-refractivity contribution in [3.63, 3.8) is 0 Å². The van der Waals surface area contributed by atoms with Crippen molar-refractivity contribution in [2.24, 2.45) is 0 Å². The molecule has 0 bridgehead atoms. The highest BCUT2D eigenvalue weighted by Crippen LogP contribution is 2.30. The molecule has 0 atom stereocenters. The van der Waals surface area contributed by atoms with Gasteiger partial charge >= 0.3 is 0 Å². The zero-order chi connectivity index (χ0) is 14.1. The highest BCUT2D eigenvalue weighted by Gasteiger charge is 2.12.